The number of rotatable bonds is 4. The van der Waals surface area contributed by atoms with Gasteiger partial charge in [-0.2, -0.15) is 0 Å². The van der Waals surface area contributed by atoms with Crippen LogP contribution < -0.4 is 11.3 Å². The zero-order valence-electron chi connectivity index (χ0n) is 12.3. The second-order valence-electron chi connectivity index (χ2n) is 5.50. The minimum atomic E-state index is 0.0363. The molecule has 0 aliphatic carbocycles. The van der Waals surface area contributed by atoms with Gasteiger partial charge in [0, 0.05) is 11.9 Å². The van der Waals surface area contributed by atoms with Gasteiger partial charge in [-0.3, -0.25) is 16.3 Å². The van der Waals surface area contributed by atoms with Gasteiger partial charge in [0.05, 0.1) is 18.8 Å². The first-order chi connectivity index (χ1) is 10.3. The molecule has 1 aliphatic heterocycles. The van der Waals surface area contributed by atoms with Gasteiger partial charge in [-0.1, -0.05) is 30.3 Å². The largest absolute Gasteiger partial charge is 0.373 e. The highest BCUT2D eigenvalue weighted by molar-refractivity contribution is 5.31. The fraction of sp³-hybridized carbons (Fsp3) is 0.353. The molecule has 0 fully saturated rings. The summed E-state index contributed by atoms with van der Waals surface area (Å²) in [4.78, 5) is 4.35. The number of benzene rings is 1. The van der Waals surface area contributed by atoms with Gasteiger partial charge in [-0.05, 0) is 42.5 Å². The van der Waals surface area contributed by atoms with Crippen molar-refractivity contribution in [3.63, 3.8) is 0 Å². The molecule has 4 nitrogen and oxygen atoms in total. The first-order valence-corrected chi connectivity index (χ1v) is 7.36. The summed E-state index contributed by atoms with van der Waals surface area (Å²) in [5, 5.41) is 0. The summed E-state index contributed by atoms with van der Waals surface area (Å²) in [6.07, 6.45) is 3.75. The highest BCUT2D eigenvalue weighted by atomic mass is 16.5. The Balaban J connectivity index is 1.80. The van der Waals surface area contributed by atoms with E-state index in [9.17, 15) is 0 Å². The maximum absolute atomic E-state index is 5.97. The number of aryl methyl sites for hydroxylation is 1. The van der Waals surface area contributed by atoms with E-state index >= 15 is 0 Å². The van der Waals surface area contributed by atoms with Crippen molar-refractivity contribution in [1.29, 1.82) is 0 Å². The van der Waals surface area contributed by atoms with Crippen LogP contribution in [0.1, 0.15) is 41.0 Å². The first kappa shape index (κ1) is 14.2. The maximum atomic E-state index is 5.97. The van der Waals surface area contributed by atoms with Gasteiger partial charge >= 0.3 is 0 Å². The standard InChI is InChI=1S/C17H21N3O/c1-12-6-7-14(11-19-12)16(20-18)10-17-15-5-3-2-4-13(15)8-9-21-17/h2-7,11,16-17,20H,8-10,18H2,1H3. The van der Waals surface area contributed by atoms with Crippen molar-refractivity contribution in [2.24, 2.45) is 5.84 Å². The SMILES string of the molecule is Cc1ccc(C(CC2OCCc3ccccc32)NN)cn1. The Hall–Kier alpha value is -1.75. The number of aromatic nitrogens is 1. The summed E-state index contributed by atoms with van der Waals surface area (Å²) in [6.45, 7) is 2.75. The summed E-state index contributed by atoms with van der Waals surface area (Å²) in [5.74, 6) is 5.75. The van der Waals surface area contributed by atoms with Crippen LogP contribution in [0.4, 0.5) is 0 Å². The molecule has 0 bridgehead atoms. The van der Waals surface area contributed by atoms with Gasteiger partial charge in [0.2, 0.25) is 0 Å². The quantitative estimate of drug-likeness (QED) is 0.669. The van der Waals surface area contributed by atoms with Crippen molar-refractivity contribution in [3.05, 3.63) is 65.0 Å². The number of fused-ring (bicyclic) bond motifs is 1. The molecule has 3 rings (SSSR count). The second-order valence-corrected chi connectivity index (χ2v) is 5.50. The van der Waals surface area contributed by atoms with Crippen molar-refractivity contribution in [3.8, 4) is 0 Å². The molecule has 3 N–H and O–H groups in total. The normalized spacial score (nSPS) is 19.0. The average Bonchev–Trinajstić information content (AvgIpc) is 2.54. The highest BCUT2D eigenvalue weighted by Gasteiger charge is 2.24. The molecule has 2 unspecified atom stereocenters. The van der Waals surface area contributed by atoms with Gasteiger partial charge in [0.1, 0.15) is 0 Å². The molecule has 2 atom stereocenters. The molecular weight excluding hydrogens is 262 g/mol. The van der Waals surface area contributed by atoms with Gasteiger partial charge in [-0.25, -0.2) is 0 Å². The number of nitrogens with one attached hydrogen (secondary N) is 1. The monoisotopic (exact) mass is 283 g/mol. The lowest BCUT2D eigenvalue weighted by Gasteiger charge is -2.29. The molecule has 110 valence electrons. The number of hydrogen-bond donors (Lipinski definition) is 2. The molecule has 1 aliphatic rings. The van der Waals surface area contributed by atoms with Gasteiger partial charge in [0.15, 0.2) is 0 Å². The minimum Gasteiger partial charge on any atom is -0.373 e. The molecule has 2 heterocycles. The van der Waals surface area contributed by atoms with E-state index in [1.807, 2.05) is 19.2 Å². The van der Waals surface area contributed by atoms with Gasteiger partial charge < -0.3 is 4.74 Å². The predicted octanol–water partition coefficient (Wildman–Crippen LogP) is 2.60. The van der Waals surface area contributed by atoms with E-state index in [2.05, 4.69) is 40.7 Å². The average molecular weight is 283 g/mol. The van der Waals surface area contributed by atoms with Crippen LogP contribution in [0.15, 0.2) is 42.6 Å². The fourth-order valence-electron chi connectivity index (χ4n) is 2.87. The Morgan fingerprint density at radius 2 is 2.19 bits per heavy atom. The topological polar surface area (TPSA) is 60.2 Å². The van der Waals surface area contributed by atoms with Crippen LogP contribution in [0, 0.1) is 6.92 Å². The lowest BCUT2D eigenvalue weighted by molar-refractivity contribution is 0.0292. The third kappa shape index (κ3) is 3.13. The Morgan fingerprint density at radius 1 is 1.33 bits per heavy atom. The van der Waals surface area contributed by atoms with Gasteiger partial charge in [-0.15, -0.1) is 0 Å². The Labute approximate surface area is 125 Å². The summed E-state index contributed by atoms with van der Waals surface area (Å²) in [7, 11) is 0. The van der Waals surface area contributed by atoms with E-state index in [-0.39, 0.29) is 12.1 Å². The van der Waals surface area contributed by atoms with Crippen LogP contribution in [-0.2, 0) is 11.2 Å². The van der Waals surface area contributed by atoms with Crippen molar-refractivity contribution >= 4 is 0 Å². The number of pyridine rings is 1. The molecule has 2 aromatic rings. The highest BCUT2D eigenvalue weighted by Crippen LogP contribution is 2.33. The van der Waals surface area contributed by atoms with E-state index in [4.69, 9.17) is 10.6 Å². The number of nitrogens with two attached hydrogens (primary N) is 1. The summed E-state index contributed by atoms with van der Waals surface area (Å²) < 4.78 is 5.97. The van der Waals surface area contributed by atoms with Crippen molar-refractivity contribution in [2.75, 3.05) is 6.61 Å². The third-order valence-corrected chi connectivity index (χ3v) is 4.08. The smallest absolute Gasteiger partial charge is 0.0846 e. The van der Waals surface area contributed by atoms with E-state index in [1.54, 1.807) is 0 Å². The zero-order chi connectivity index (χ0) is 14.7. The molecule has 0 radical (unpaired) electrons. The van der Waals surface area contributed by atoms with Crippen LogP contribution >= 0.6 is 0 Å². The predicted molar refractivity (Wildman–Crippen MR) is 82.5 cm³/mol. The van der Waals surface area contributed by atoms with Crippen molar-refractivity contribution in [2.45, 2.75) is 31.9 Å². The molecule has 1 aromatic heterocycles. The van der Waals surface area contributed by atoms with Crippen molar-refractivity contribution in [1.82, 2.24) is 10.4 Å². The molecule has 1 aromatic carbocycles. The van der Waals surface area contributed by atoms with E-state index in [0.29, 0.717) is 0 Å². The molecule has 4 heteroatoms. The second kappa shape index (κ2) is 6.35. The summed E-state index contributed by atoms with van der Waals surface area (Å²) in [6, 6.07) is 12.6. The zero-order valence-corrected chi connectivity index (χ0v) is 12.3. The molecular formula is C17H21N3O. The maximum Gasteiger partial charge on any atom is 0.0846 e. The number of hydrazine groups is 1. The van der Waals surface area contributed by atoms with Crippen LogP contribution in [-0.4, -0.2) is 11.6 Å². The Kier molecular flexibility index (Phi) is 4.29. The summed E-state index contributed by atoms with van der Waals surface area (Å²) in [5.41, 5.74) is 7.66. The number of hydrogen-bond acceptors (Lipinski definition) is 4. The van der Waals surface area contributed by atoms with E-state index in [1.165, 1.54) is 11.1 Å². The molecule has 0 saturated carbocycles. The number of ether oxygens (including phenoxy) is 1. The lowest BCUT2D eigenvalue weighted by Crippen LogP contribution is -2.31. The van der Waals surface area contributed by atoms with E-state index in [0.717, 1.165) is 30.7 Å². The lowest BCUT2D eigenvalue weighted by atomic mass is 9.92. The Bertz CT molecular complexity index is 597. The van der Waals surface area contributed by atoms with E-state index < -0.39 is 0 Å². The van der Waals surface area contributed by atoms with Gasteiger partial charge in [0.25, 0.3) is 0 Å². The summed E-state index contributed by atoms with van der Waals surface area (Å²) >= 11 is 0. The van der Waals surface area contributed by atoms with Crippen LogP contribution in [0.3, 0.4) is 0 Å². The molecule has 21 heavy (non-hydrogen) atoms. The van der Waals surface area contributed by atoms with Crippen LogP contribution in [0.2, 0.25) is 0 Å². The molecule has 0 saturated heterocycles. The first-order valence-electron chi connectivity index (χ1n) is 7.36. The Morgan fingerprint density at radius 3 is 2.95 bits per heavy atom. The molecule has 0 amide bonds. The fourth-order valence-corrected chi connectivity index (χ4v) is 2.87. The third-order valence-electron chi connectivity index (χ3n) is 4.08. The van der Waals surface area contributed by atoms with Crippen LogP contribution in [0.25, 0.3) is 0 Å². The molecule has 0 spiro atoms. The number of nitrogens with zero attached hydrogens (tertiary/aromatic N) is 1. The van der Waals surface area contributed by atoms with Crippen molar-refractivity contribution < 1.29 is 4.74 Å². The van der Waals surface area contributed by atoms with Crippen LogP contribution in [0.5, 0.6) is 0 Å². The minimum absolute atomic E-state index is 0.0363.